The normalized spacial score (nSPS) is 19.1. The Bertz CT molecular complexity index is 1010. The van der Waals surface area contributed by atoms with Gasteiger partial charge in [-0.25, -0.2) is 0 Å². The summed E-state index contributed by atoms with van der Waals surface area (Å²) in [7, 11) is 1.34. The number of hydrogen-bond donors (Lipinski definition) is 2. The van der Waals surface area contributed by atoms with Gasteiger partial charge in [-0.1, -0.05) is 36.4 Å². The Morgan fingerprint density at radius 2 is 1.92 bits per heavy atom. The quantitative estimate of drug-likeness (QED) is 0.430. The van der Waals surface area contributed by atoms with E-state index in [1.165, 1.54) is 13.2 Å². The summed E-state index contributed by atoms with van der Waals surface area (Å²) in [6.45, 7) is 0. The van der Waals surface area contributed by atoms with Crippen molar-refractivity contribution in [2.75, 3.05) is 7.11 Å². The van der Waals surface area contributed by atoms with Gasteiger partial charge in [0, 0.05) is 29.1 Å². The van der Waals surface area contributed by atoms with Crippen molar-refractivity contribution >= 4 is 22.6 Å². The molecule has 0 bridgehead atoms. The van der Waals surface area contributed by atoms with Gasteiger partial charge in [0.05, 0.1) is 23.6 Å². The molecule has 3 aromatic rings. The van der Waals surface area contributed by atoms with E-state index < -0.39 is 17.0 Å². The van der Waals surface area contributed by atoms with Gasteiger partial charge < -0.3 is 9.72 Å². The molecular weight excluding hydrogens is 334 g/mol. The first-order valence-electron chi connectivity index (χ1n) is 8.27. The Morgan fingerprint density at radius 3 is 2.69 bits per heavy atom. The van der Waals surface area contributed by atoms with Crippen LogP contribution in [0.4, 0.5) is 5.69 Å². The molecule has 0 saturated heterocycles. The number of nitro groups is 1. The number of hydrogen-bond acceptors (Lipinski definition) is 5. The lowest BCUT2D eigenvalue weighted by atomic mass is 9.89. The smallest absolute Gasteiger partial charge is 0.323 e. The fourth-order valence-electron chi connectivity index (χ4n) is 3.67. The lowest BCUT2D eigenvalue weighted by molar-refractivity contribution is -0.385. The number of ether oxygens (including phenoxy) is 1. The highest BCUT2D eigenvalue weighted by Crippen LogP contribution is 2.38. The molecule has 2 aromatic carbocycles. The summed E-state index contributed by atoms with van der Waals surface area (Å²) < 4.78 is 4.91. The molecule has 2 heterocycles. The summed E-state index contributed by atoms with van der Waals surface area (Å²) >= 11 is 0. The fraction of sp³-hybridized carbons (Fsp3) is 0.211. The second kappa shape index (κ2) is 6.27. The molecule has 4 rings (SSSR count). The van der Waals surface area contributed by atoms with Crippen molar-refractivity contribution < 1.29 is 14.5 Å². The number of fused-ring (bicyclic) bond motifs is 3. The number of aromatic nitrogens is 1. The van der Waals surface area contributed by atoms with Crippen LogP contribution in [0.1, 0.15) is 22.9 Å². The van der Waals surface area contributed by atoms with Crippen molar-refractivity contribution in [3.05, 3.63) is 75.5 Å². The van der Waals surface area contributed by atoms with Crippen molar-refractivity contribution in [2.24, 2.45) is 0 Å². The number of benzene rings is 2. The summed E-state index contributed by atoms with van der Waals surface area (Å²) in [5.41, 5.74) is 3.30. The summed E-state index contributed by atoms with van der Waals surface area (Å²) in [6.07, 6.45) is 0.461. The zero-order chi connectivity index (χ0) is 18.3. The minimum atomic E-state index is -0.573. The molecule has 0 radical (unpaired) electrons. The van der Waals surface area contributed by atoms with E-state index >= 15 is 0 Å². The highest BCUT2D eigenvalue weighted by Gasteiger charge is 2.36. The molecule has 2 N–H and O–H groups in total. The zero-order valence-corrected chi connectivity index (χ0v) is 14.1. The van der Waals surface area contributed by atoms with Crippen molar-refractivity contribution in [1.82, 2.24) is 10.3 Å². The van der Waals surface area contributed by atoms with Crippen LogP contribution in [0.3, 0.4) is 0 Å². The van der Waals surface area contributed by atoms with Gasteiger partial charge in [0.25, 0.3) is 5.69 Å². The predicted octanol–water partition coefficient (Wildman–Crippen LogP) is 2.85. The molecule has 0 saturated carbocycles. The Kier molecular flexibility index (Phi) is 3.93. The van der Waals surface area contributed by atoms with E-state index in [0.717, 1.165) is 22.2 Å². The molecular formula is C19H17N3O4. The van der Waals surface area contributed by atoms with Crippen molar-refractivity contribution in [1.29, 1.82) is 0 Å². The Morgan fingerprint density at radius 1 is 1.19 bits per heavy atom. The van der Waals surface area contributed by atoms with Gasteiger partial charge in [0.2, 0.25) is 0 Å². The van der Waals surface area contributed by atoms with Gasteiger partial charge in [-0.2, -0.15) is 0 Å². The Balaban J connectivity index is 1.92. The van der Waals surface area contributed by atoms with E-state index in [9.17, 15) is 14.9 Å². The fourth-order valence-corrected chi connectivity index (χ4v) is 3.67. The maximum absolute atomic E-state index is 12.2. The second-order valence-corrected chi connectivity index (χ2v) is 6.26. The Labute approximate surface area is 149 Å². The molecule has 7 nitrogen and oxygen atoms in total. The van der Waals surface area contributed by atoms with Gasteiger partial charge in [0.15, 0.2) is 0 Å². The largest absolute Gasteiger partial charge is 0.468 e. The SMILES string of the molecule is COC(=O)[C@H]1Cc2c([nH]c3ccccc23)[C@@H](c2ccccc2[N+](=O)[O-])N1. The number of carbonyl (C=O) groups excluding carboxylic acids is 1. The minimum absolute atomic E-state index is 0.0140. The summed E-state index contributed by atoms with van der Waals surface area (Å²) in [5.74, 6) is -0.385. The molecule has 0 unspecified atom stereocenters. The first-order valence-corrected chi connectivity index (χ1v) is 8.27. The molecule has 132 valence electrons. The number of esters is 1. The van der Waals surface area contributed by atoms with Gasteiger partial charge in [-0.15, -0.1) is 0 Å². The third kappa shape index (κ3) is 2.53. The zero-order valence-electron chi connectivity index (χ0n) is 14.1. The average Bonchev–Trinajstić information content (AvgIpc) is 3.05. The minimum Gasteiger partial charge on any atom is -0.468 e. The van der Waals surface area contributed by atoms with Gasteiger partial charge in [-0.05, 0) is 11.6 Å². The van der Waals surface area contributed by atoms with E-state index in [1.54, 1.807) is 18.2 Å². The van der Waals surface area contributed by atoms with Crippen LogP contribution in [0, 0.1) is 10.1 Å². The van der Waals surface area contributed by atoms with Crippen LogP contribution in [0.5, 0.6) is 0 Å². The lowest BCUT2D eigenvalue weighted by Gasteiger charge is -2.30. The van der Waals surface area contributed by atoms with Crippen molar-refractivity contribution in [3.63, 3.8) is 0 Å². The summed E-state index contributed by atoms with van der Waals surface area (Å²) in [4.78, 5) is 26.7. The molecule has 0 spiro atoms. The van der Waals surface area contributed by atoms with Crippen molar-refractivity contribution in [2.45, 2.75) is 18.5 Å². The number of nitrogens with zero attached hydrogens (tertiary/aromatic N) is 1. The molecule has 0 fully saturated rings. The monoisotopic (exact) mass is 351 g/mol. The predicted molar refractivity (Wildman–Crippen MR) is 95.9 cm³/mol. The number of carbonyl (C=O) groups is 1. The van der Waals surface area contributed by atoms with Crippen LogP contribution < -0.4 is 5.32 Å². The van der Waals surface area contributed by atoms with Crippen LogP contribution in [-0.4, -0.2) is 29.0 Å². The van der Waals surface area contributed by atoms with Crippen LogP contribution >= 0.6 is 0 Å². The van der Waals surface area contributed by atoms with Crippen LogP contribution in [-0.2, 0) is 16.0 Å². The highest BCUT2D eigenvalue weighted by atomic mass is 16.6. The lowest BCUT2D eigenvalue weighted by Crippen LogP contribution is -2.45. The molecule has 2 atom stereocenters. The number of H-pyrrole nitrogens is 1. The molecule has 0 aliphatic carbocycles. The first-order chi connectivity index (χ1) is 12.6. The number of methoxy groups -OCH3 is 1. The van der Waals surface area contributed by atoms with Crippen LogP contribution in [0.15, 0.2) is 48.5 Å². The number of aromatic amines is 1. The molecule has 1 aliphatic rings. The average molecular weight is 351 g/mol. The first kappa shape index (κ1) is 16.3. The van der Waals surface area contributed by atoms with Gasteiger partial charge >= 0.3 is 5.97 Å². The molecule has 1 aliphatic heterocycles. The number of nitrogens with one attached hydrogen (secondary N) is 2. The van der Waals surface area contributed by atoms with E-state index in [4.69, 9.17) is 4.74 Å². The standard InChI is InChI=1S/C19H17N3O4/c1-26-19(23)15-10-13-11-6-2-4-8-14(11)20-18(13)17(21-15)12-7-3-5-9-16(12)22(24)25/h2-9,15,17,20-21H,10H2,1H3/t15-,17-/m1/s1. The number of para-hydroxylation sites is 2. The van der Waals surface area contributed by atoms with Crippen LogP contribution in [0.2, 0.25) is 0 Å². The van der Waals surface area contributed by atoms with Crippen molar-refractivity contribution in [3.8, 4) is 0 Å². The van der Waals surface area contributed by atoms with E-state index in [1.807, 2.05) is 24.3 Å². The topological polar surface area (TPSA) is 97.3 Å². The summed E-state index contributed by atoms with van der Waals surface area (Å²) in [6, 6.07) is 13.3. The molecule has 0 amide bonds. The maximum atomic E-state index is 12.2. The maximum Gasteiger partial charge on any atom is 0.323 e. The third-order valence-corrected chi connectivity index (χ3v) is 4.84. The van der Waals surface area contributed by atoms with Crippen LogP contribution in [0.25, 0.3) is 10.9 Å². The summed E-state index contributed by atoms with van der Waals surface area (Å²) in [5, 5.41) is 15.7. The molecule has 1 aromatic heterocycles. The second-order valence-electron chi connectivity index (χ2n) is 6.26. The molecule has 26 heavy (non-hydrogen) atoms. The van der Waals surface area contributed by atoms with E-state index in [0.29, 0.717) is 12.0 Å². The van der Waals surface area contributed by atoms with Gasteiger partial charge in [-0.3, -0.25) is 20.2 Å². The van der Waals surface area contributed by atoms with E-state index in [2.05, 4.69) is 10.3 Å². The number of nitro benzene ring substituents is 1. The molecule has 7 heteroatoms. The Hall–Kier alpha value is -3.19. The number of rotatable bonds is 3. The van der Waals surface area contributed by atoms with E-state index in [-0.39, 0.29) is 11.7 Å². The highest BCUT2D eigenvalue weighted by molar-refractivity contribution is 5.87. The third-order valence-electron chi connectivity index (χ3n) is 4.84. The van der Waals surface area contributed by atoms with Gasteiger partial charge in [0.1, 0.15) is 6.04 Å².